The van der Waals surface area contributed by atoms with E-state index < -0.39 is 20.5 Å². The molecule has 0 unspecified atom stereocenters. The monoisotopic (exact) mass is 311 g/mol. The number of benzene rings is 1. The van der Waals surface area contributed by atoms with E-state index in [0.29, 0.717) is 5.56 Å². The van der Waals surface area contributed by atoms with Crippen molar-refractivity contribution >= 4 is 15.7 Å². The highest BCUT2D eigenvalue weighted by Crippen LogP contribution is 2.24. The van der Waals surface area contributed by atoms with Crippen LogP contribution in [0.25, 0.3) is 0 Å². The zero-order valence-corrected chi connectivity index (χ0v) is 13.1. The molecule has 1 N–H and O–H groups in total. The summed E-state index contributed by atoms with van der Waals surface area (Å²) in [7, 11) is -4.02. The smallest absolute Gasteiger partial charge is 0.258 e. The minimum Gasteiger partial charge on any atom is -0.258 e. The average molecular weight is 311 g/mol. The minimum absolute atomic E-state index is 0.234. The number of rotatable bonds is 5. The van der Waals surface area contributed by atoms with E-state index in [4.69, 9.17) is 5.26 Å². The van der Waals surface area contributed by atoms with Gasteiger partial charge in [0.15, 0.2) is 0 Å². The molecule has 0 saturated heterocycles. The third kappa shape index (κ3) is 3.56. The number of nitrogens with one attached hydrogen (secondary N) is 1. The number of nitrogens with zero attached hydrogens (tertiary/aromatic N) is 2. The highest BCUT2D eigenvalue weighted by atomic mass is 32.2. The first-order valence-corrected chi connectivity index (χ1v) is 7.72. The molecule has 0 aliphatic heterocycles. The first-order valence-electron chi connectivity index (χ1n) is 6.24. The summed E-state index contributed by atoms with van der Waals surface area (Å²) >= 11 is 0. The number of nitriles is 1. The fourth-order valence-electron chi connectivity index (χ4n) is 1.56. The van der Waals surface area contributed by atoms with E-state index in [-0.39, 0.29) is 16.5 Å². The molecular formula is C13H17N3O4S. The quantitative estimate of drug-likeness (QED) is 0.661. The van der Waals surface area contributed by atoms with Crippen LogP contribution in [0.15, 0.2) is 23.1 Å². The largest absolute Gasteiger partial charge is 0.273 e. The van der Waals surface area contributed by atoms with Crippen LogP contribution in [-0.4, -0.2) is 18.9 Å². The molecule has 8 heteroatoms. The van der Waals surface area contributed by atoms with E-state index in [1.807, 2.05) is 6.07 Å². The number of nitro groups is 1. The van der Waals surface area contributed by atoms with Gasteiger partial charge in [0.1, 0.15) is 5.54 Å². The molecule has 0 aliphatic rings. The standard InChI is InChI=1S/C13H17N3O4S/c1-9(2)13(4,8-14)15-21(19,20)11-6-5-10(3)12(7-11)16(17)18/h5-7,9,15H,1-4H3/t13-/m0/s1. The van der Waals surface area contributed by atoms with Crippen molar-refractivity contribution in [3.8, 4) is 6.07 Å². The molecule has 21 heavy (non-hydrogen) atoms. The zero-order valence-electron chi connectivity index (χ0n) is 12.2. The van der Waals surface area contributed by atoms with Gasteiger partial charge in [-0.3, -0.25) is 10.1 Å². The van der Waals surface area contributed by atoms with Crippen LogP contribution < -0.4 is 4.72 Å². The number of sulfonamides is 1. The zero-order chi connectivity index (χ0) is 16.4. The molecule has 0 bridgehead atoms. The molecule has 1 atom stereocenters. The maximum Gasteiger partial charge on any atom is 0.273 e. The van der Waals surface area contributed by atoms with E-state index in [1.54, 1.807) is 13.8 Å². The van der Waals surface area contributed by atoms with Crippen LogP contribution >= 0.6 is 0 Å². The van der Waals surface area contributed by atoms with E-state index in [9.17, 15) is 18.5 Å². The van der Waals surface area contributed by atoms with Crippen LogP contribution in [0, 0.1) is 34.3 Å². The minimum atomic E-state index is -4.02. The SMILES string of the molecule is Cc1ccc(S(=O)(=O)N[C@@](C)(C#N)C(C)C)cc1[N+](=O)[O-]. The normalized spacial score (nSPS) is 14.5. The Morgan fingerprint density at radius 3 is 2.43 bits per heavy atom. The predicted molar refractivity (Wildman–Crippen MR) is 77.0 cm³/mol. The third-order valence-electron chi connectivity index (χ3n) is 3.42. The van der Waals surface area contributed by atoms with Crippen molar-refractivity contribution in [2.24, 2.45) is 5.92 Å². The van der Waals surface area contributed by atoms with E-state index in [1.165, 1.54) is 26.0 Å². The molecule has 0 fully saturated rings. The lowest BCUT2D eigenvalue weighted by Gasteiger charge is -2.26. The molecular weight excluding hydrogens is 294 g/mol. The van der Waals surface area contributed by atoms with E-state index >= 15 is 0 Å². The molecule has 1 aromatic rings. The highest BCUT2D eigenvalue weighted by Gasteiger charge is 2.34. The average Bonchev–Trinajstić information content (AvgIpc) is 2.37. The summed E-state index contributed by atoms with van der Waals surface area (Å²) in [6.45, 7) is 6.42. The van der Waals surface area contributed by atoms with Crippen LogP contribution in [0.1, 0.15) is 26.3 Å². The number of aryl methyl sites for hydroxylation is 1. The van der Waals surface area contributed by atoms with Crippen LogP contribution in [0.5, 0.6) is 0 Å². The summed E-state index contributed by atoms with van der Waals surface area (Å²) in [5.41, 5.74) is -1.20. The second-order valence-electron chi connectivity index (χ2n) is 5.28. The van der Waals surface area contributed by atoms with Crippen molar-refractivity contribution < 1.29 is 13.3 Å². The van der Waals surface area contributed by atoms with Crippen LogP contribution in [0.4, 0.5) is 5.69 Å². The van der Waals surface area contributed by atoms with Crippen molar-refractivity contribution in [2.75, 3.05) is 0 Å². The van der Waals surface area contributed by atoms with Gasteiger partial charge in [0, 0.05) is 11.6 Å². The molecule has 0 aromatic heterocycles. The lowest BCUT2D eigenvalue weighted by molar-refractivity contribution is -0.385. The molecule has 114 valence electrons. The second-order valence-corrected chi connectivity index (χ2v) is 6.96. The third-order valence-corrected chi connectivity index (χ3v) is 4.99. The van der Waals surface area contributed by atoms with Crippen molar-refractivity contribution in [3.63, 3.8) is 0 Å². The van der Waals surface area contributed by atoms with Gasteiger partial charge in [0.25, 0.3) is 5.69 Å². The first-order chi connectivity index (χ1) is 9.53. The van der Waals surface area contributed by atoms with Gasteiger partial charge >= 0.3 is 0 Å². The Morgan fingerprint density at radius 2 is 2.00 bits per heavy atom. The number of nitro benzene ring substituents is 1. The van der Waals surface area contributed by atoms with Crippen LogP contribution in [0.3, 0.4) is 0 Å². The molecule has 0 spiro atoms. The fourth-order valence-corrected chi connectivity index (χ4v) is 3.03. The van der Waals surface area contributed by atoms with Gasteiger partial charge in [-0.25, -0.2) is 8.42 Å². The summed E-state index contributed by atoms with van der Waals surface area (Å²) < 4.78 is 26.9. The number of hydrogen-bond donors (Lipinski definition) is 1. The Hall–Kier alpha value is -1.98. The molecule has 0 radical (unpaired) electrons. The van der Waals surface area contributed by atoms with Gasteiger partial charge in [0.05, 0.1) is 15.9 Å². The Morgan fingerprint density at radius 1 is 1.43 bits per heavy atom. The second kappa shape index (κ2) is 5.79. The Kier molecular flexibility index (Phi) is 4.71. The van der Waals surface area contributed by atoms with Gasteiger partial charge in [-0.1, -0.05) is 19.9 Å². The van der Waals surface area contributed by atoms with Gasteiger partial charge in [-0.2, -0.15) is 9.98 Å². The summed E-state index contributed by atoms with van der Waals surface area (Å²) in [6, 6.07) is 5.57. The van der Waals surface area contributed by atoms with E-state index in [0.717, 1.165) is 6.07 Å². The number of hydrogen-bond acceptors (Lipinski definition) is 5. The van der Waals surface area contributed by atoms with Gasteiger partial charge in [0.2, 0.25) is 10.0 Å². The molecule has 0 heterocycles. The maximum absolute atomic E-state index is 12.3. The lowest BCUT2D eigenvalue weighted by Crippen LogP contribution is -2.48. The summed E-state index contributed by atoms with van der Waals surface area (Å²) in [4.78, 5) is 10.0. The predicted octanol–water partition coefficient (Wildman–Crippen LogP) is 2.12. The van der Waals surface area contributed by atoms with Gasteiger partial charge < -0.3 is 0 Å². The fraction of sp³-hybridized carbons (Fsp3) is 0.462. The lowest BCUT2D eigenvalue weighted by atomic mass is 9.92. The van der Waals surface area contributed by atoms with Crippen LogP contribution in [0.2, 0.25) is 0 Å². The first kappa shape index (κ1) is 17.1. The Balaban J connectivity index is 3.30. The Labute approximate surface area is 123 Å². The molecule has 0 amide bonds. The molecule has 0 aliphatic carbocycles. The summed E-state index contributed by atoms with van der Waals surface area (Å²) in [5.74, 6) is -0.266. The molecule has 0 saturated carbocycles. The van der Waals surface area contributed by atoms with E-state index in [2.05, 4.69) is 4.72 Å². The van der Waals surface area contributed by atoms with Crippen molar-refractivity contribution in [2.45, 2.75) is 38.1 Å². The van der Waals surface area contributed by atoms with Crippen molar-refractivity contribution in [1.82, 2.24) is 4.72 Å². The maximum atomic E-state index is 12.3. The molecule has 1 rings (SSSR count). The van der Waals surface area contributed by atoms with Crippen molar-refractivity contribution in [3.05, 3.63) is 33.9 Å². The van der Waals surface area contributed by atoms with Gasteiger partial charge in [-0.15, -0.1) is 0 Å². The van der Waals surface area contributed by atoms with Gasteiger partial charge in [-0.05, 0) is 25.8 Å². The Bertz CT molecular complexity index is 707. The molecule has 1 aromatic carbocycles. The summed E-state index contributed by atoms with van der Waals surface area (Å²) in [6.07, 6.45) is 0. The summed E-state index contributed by atoms with van der Waals surface area (Å²) in [5, 5.41) is 20.1. The topological polar surface area (TPSA) is 113 Å². The van der Waals surface area contributed by atoms with Crippen molar-refractivity contribution in [1.29, 1.82) is 5.26 Å². The molecule has 7 nitrogen and oxygen atoms in total. The van der Waals surface area contributed by atoms with Crippen LogP contribution in [-0.2, 0) is 10.0 Å². The highest BCUT2D eigenvalue weighted by molar-refractivity contribution is 7.89.